The lowest BCUT2D eigenvalue weighted by atomic mass is 9.95. The van der Waals surface area contributed by atoms with Crippen molar-refractivity contribution in [3.05, 3.63) is 0 Å². The first kappa shape index (κ1) is 20.5. The van der Waals surface area contributed by atoms with Crippen molar-refractivity contribution in [3.8, 4) is 0 Å². The molecule has 2 rings (SSSR count). The second kappa shape index (κ2) is 9.77. The van der Waals surface area contributed by atoms with Gasteiger partial charge in [-0.25, -0.2) is 4.79 Å². The van der Waals surface area contributed by atoms with Gasteiger partial charge in [0.05, 0.1) is 19.3 Å². The Balaban J connectivity index is 1.82. The minimum atomic E-state index is -0.455. The first-order valence-corrected chi connectivity index (χ1v) is 10.2. The van der Waals surface area contributed by atoms with Crippen LogP contribution in [-0.4, -0.2) is 55.0 Å². The molecule has 1 aliphatic heterocycles. The van der Waals surface area contributed by atoms with E-state index in [0.29, 0.717) is 25.8 Å². The molecule has 5 heteroatoms. The molecule has 1 amide bonds. The lowest BCUT2D eigenvalue weighted by Crippen LogP contribution is -2.55. The van der Waals surface area contributed by atoms with Crippen molar-refractivity contribution in [1.29, 1.82) is 0 Å². The van der Waals surface area contributed by atoms with Crippen LogP contribution in [-0.2, 0) is 9.47 Å². The van der Waals surface area contributed by atoms with Gasteiger partial charge in [-0.1, -0.05) is 32.6 Å². The Bertz CT molecular complexity index is 408. The van der Waals surface area contributed by atoms with E-state index in [-0.39, 0.29) is 12.1 Å². The van der Waals surface area contributed by atoms with Gasteiger partial charge in [0.25, 0.3) is 0 Å². The number of morpholine rings is 1. The van der Waals surface area contributed by atoms with E-state index in [1.54, 1.807) is 0 Å². The van der Waals surface area contributed by atoms with Crippen molar-refractivity contribution in [2.75, 3.05) is 26.3 Å². The Morgan fingerprint density at radius 1 is 1.24 bits per heavy atom. The zero-order valence-corrected chi connectivity index (χ0v) is 16.7. The number of nitrogens with zero attached hydrogens (tertiary/aromatic N) is 1. The summed E-state index contributed by atoms with van der Waals surface area (Å²) in [5.41, 5.74) is -0.455. The van der Waals surface area contributed by atoms with Crippen LogP contribution in [0.15, 0.2) is 0 Å². The summed E-state index contributed by atoms with van der Waals surface area (Å²) < 4.78 is 11.2. The monoisotopic (exact) mass is 354 g/mol. The molecule has 1 saturated carbocycles. The highest BCUT2D eigenvalue weighted by Crippen LogP contribution is 2.26. The molecule has 1 saturated heterocycles. The molecule has 0 bridgehead atoms. The topological polar surface area (TPSA) is 50.8 Å². The zero-order chi connectivity index (χ0) is 18.3. The highest BCUT2D eigenvalue weighted by molar-refractivity contribution is 5.68. The van der Waals surface area contributed by atoms with Gasteiger partial charge in [-0.05, 0) is 46.0 Å². The minimum Gasteiger partial charge on any atom is -0.444 e. The van der Waals surface area contributed by atoms with Crippen LogP contribution < -0.4 is 5.32 Å². The highest BCUT2D eigenvalue weighted by atomic mass is 16.6. The number of carbonyl (C=O) groups is 1. The average Bonchev–Trinajstić information content (AvgIpc) is 2.77. The van der Waals surface area contributed by atoms with E-state index in [0.717, 1.165) is 12.5 Å². The van der Waals surface area contributed by atoms with Crippen LogP contribution in [0.3, 0.4) is 0 Å². The SMILES string of the molecule is CCCC1CCCC(NCC2COCCN2C(=O)OC(C)(C)C)CC1. The summed E-state index contributed by atoms with van der Waals surface area (Å²) in [5.74, 6) is 0.910. The summed E-state index contributed by atoms with van der Waals surface area (Å²) in [6, 6.07) is 0.641. The predicted octanol–water partition coefficient (Wildman–Crippen LogP) is 3.96. The summed E-state index contributed by atoms with van der Waals surface area (Å²) in [6.45, 7) is 10.6. The molecule has 146 valence electrons. The van der Waals surface area contributed by atoms with Gasteiger partial charge in [0, 0.05) is 19.1 Å². The third-order valence-electron chi connectivity index (χ3n) is 5.28. The van der Waals surface area contributed by atoms with Crippen LogP contribution in [0.25, 0.3) is 0 Å². The number of hydrogen-bond donors (Lipinski definition) is 1. The Morgan fingerprint density at radius 2 is 2.04 bits per heavy atom. The first-order valence-electron chi connectivity index (χ1n) is 10.2. The van der Waals surface area contributed by atoms with E-state index >= 15 is 0 Å². The molecule has 2 aliphatic rings. The van der Waals surface area contributed by atoms with Crippen LogP contribution >= 0.6 is 0 Å². The molecule has 0 aromatic rings. The van der Waals surface area contributed by atoms with Crippen molar-refractivity contribution in [2.24, 2.45) is 5.92 Å². The van der Waals surface area contributed by atoms with Crippen molar-refractivity contribution in [1.82, 2.24) is 10.2 Å². The molecule has 1 aliphatic carbocycles. The summed E-state index contributed by atoms with van der Waals surface area (Å²) >= 11 is 0. The van der Waals surface area contributed by atoms with Gasteiger partial charge in [-0.15, -0.1) is 0 Å². The van der Waals surface area contributed by atoms with Gasteiger partial charge in [0.1, 0.15) is 5.60 Å². The number of hydrogen-bond acceptors (Lipinski definition) is 4. The van der Waals surface area contributed by atoms with Gasteiger partial charge < -0.3 is 14.8 Å². The summed E-state index contributed by atoms with van der Waals surface area (Å²) in [7, 11) is 0. The van der Waals surface area contributed by atoms with Crippen molar-refractivity contribution < 1.29 is 14.3 Å². The third kappa shape index (κ3) is 7.14. The molecule has 0 aromatic heterocycles. The third-order valence-corrected chi connectivity index (χ3v) is 5.28. The normalized spacial score (nSPS) is 28.5. The van der Waals surface area contributed by atoms with Crippen molar-refractivity contribution in [3.63, 3.8) is 0 Å². The summed E-state index contributed by atoms with van der Waals surface area (Å²) in [5, 5.41) is 3.71. The Hall–Kier alpha value is -0.810. The van der Waals surface area contributed by atoms with Crippen LogP contribution in [0, 0.1) is 5.92 Å². The fourth-order valence-corrected chi connectivity index (χ4v) is 3.97. The summed E-state index contributed by atoms with van der Waals surface area (Å²) in [4.78, 5) is 14.3. The van der Waals surface area contributed by atoms with Crippen LogP contribution in [0.5, 0.6) is 0 Å². The molecular weight excluding hydrogens is 316 g/mol. The number of carbonyl (C=O) groups excluding carboxylic acids is 1. The zero-order valence-electron chi connectivity index (χ0n) is 16.7. The standard InChI is InChI=1S/C20H38N2O3/c1-5-7-16-8-6-9-17(11-10-16)21-14-18-15-24-13-12-22(18)19(23)25-20(2,3)4/h16-18,21H,5-15H2,1-4H3. The van der Waals surface area contributed by atoms with Gasteiger partial charge in [-0.3, -0.25) is 4.90 Å². The molecule has 0 aromatic carbocycles. The molecule has 3 atom stereocenters. The van der Waals surface area contributed by atoms with Gasteiger partial charge in [0.15, 0.2) is 0 Å². The number of nitrogens with one attached hydrogen (secondary N) is 1. The maximum Gasteiger partial charge on any atom is 0.410 e. The number of amides is 1. The number of ether oxygens (including phenoxy) is 2. The molecule has 5 nitrogen and oxygen atoms in total. The van der Waals surface area contributed by atoms with E-state index in [9.17, 15) is 4.79 Å². The average molecular weight is 355 g/mol. The first-order chi connectivity index (χ1) is 11.9. The van der Waals surface area contributed by atoms with E-state index in [4.69, 9.17) is 9.47 Å². The Labute approximate surface area is 153 Å². The molecule has 2 fully saturated rings. The molecule has 0 radical (unpaired) electrons. The largest absolute Gasteiger partial charge is 0.444 e. The molecule has 0 spiro atoms. The lowest BCUT2D eigenvalue weighted by molar-refractivity contribution is -0.0322. The van der Waals surface area contributed by atoms with E-state index in [1.165, 1.54) is 44.9 Å². The van der Waals surface area contributed by atoms with Crippen molar-refractivity contribution >= 4 is 6.09 Å². The fourth-order valence-electron chi connectivity index (χ4n) is 3.97. The van der Waals surface area contributed by atoms with Crippen molar-refractivity contribution in [2.45, 2.75) is 90.3 Å². The molecule has 3 unspecified atom stereocenters. The van der Waals surface area contributed by atoms with Gasteiger partial charge in [-0.2, -0.15) is 0 Å². The minimum absolute atomic E-state index is 0.0679. The van der Waals surface area contributed by atoms with Crippen LogP contribution in [0.2, 0.25) is 0 Å². The van der Waals surface area contributed by atoms with E-state index < -0.39 is 5.60 Å². The van der Waals surface area contributed by atoms with Crippen LogP contribution in [0.4, 0.5) is 4.79 Å². The maximum atomic E-state index is 12.5. The lowest BCUT2D eigenvalue weighted by Gasteiger charge is -2.37. The quantitative estimate of drug-likeness (QED) is 0.759. The van der Waals surface area contributed by atoms with E-state index in [1.807, 2.05) is 25.7 Å². The summed E-state index contributed by atoms with van der Waals surface area (Å²) in [6.07, 6.45) is 8.99. The fraction of sp³-hybridized carbons (Fsp3) is 0.950. The second-order valence-electron chi connectivity index (χ2n) is 8.67. The van der Waals surface area contributed by atoms with Gasteiger partial charge in [0.2, 0.25) is 0 Å². The molecule has 25 heavy (non-hydrogen) atoms. The Kier molecular flexibility index (Phi) is 8.01. The molecule has 1 N–H and O–H groups in total. The Morgan fingerprint density at radius 3 is 2.76 bits per heavy atom. The highest BCUT2D eigenvalue weighted by Gasteiger charge is 2.31. The number of rotatable bonds is 5. The van der Waals surface area contributed by atoms with Gasteiger partial charge >= 0.3 is 6.09 Å². The maximum absolute atomic E-state index is 12.5. The molecule has 1 heterocycles. The van der Waals surface area contributed by atoms with E-state index in [2.05, 4.69) is 12.2 Å². The predicted molar refractivity (Wildman–Crippen MR) is 101 cm³/mol. The second-order valence-corrected chi connectivity index (χ2v) is 8.67. The smallest absolute Gasteiger partial charge is 0.410 e. The van der Waals surface area contributed by atoms with Crippen LogP contribution in [0.1, 0.15) is 72.6 Å². The molecular formula is C20H38N2O3.